The van der Waals surface area contributed by atoms with Crippen LogP contribution in [-0.4, -0.2) is 47.8 Å². The maximum Gasteiger partial charge on any atom is 0.327 e. The molecule has 0 spiro atoms. The molecular weight excluding hydrogens is 464 g/mol. The van der Waals surface area contributed by atoms with Crippen molar-refractivity contribution in [2.45, 2.75) is 13.0 Å². The maximum absolute atomic E-state index is 12.4. The number of nitrogens with zero attached hydrogens (tertiary/aromatic N) is 4. The van der Waals surface area contributed by atoms with E-state index in [9.17, 15) is 4.79 Å². The van der Waals surface area contributed by atoms with Gasteiger partial charge in [-0.1, -0.05) is 6.07 Å². The van der Waals surface area contributed by atoms with Gasteiger partial charge in [0.1, 0.15) is 23.3 Å². The first-order valence-corrected chi connectivity index (χ1v) is 10.8. The summed E-state index contributed by atoms with van der Waals surface area (Å²) in [6.07, 6.45) is 0. The third-order valence-electron chi connectivity index (χ3n) is 5.09. The number of rotatable bonds is 7. The number of aromatic nitrogens is 2. The van der Waals surface area contributed by atoms with Crippen molar-refractivity contribution in [1.82, 2.24) is 9.97 Å². The molecule has 1 amide bonds. The third kappa shape index (κ3) is 5.19. The van der Waals surface area contributed by atoms with Gasteiger partial charge in [-0.25, -0.2) is 4.99 Å². The van der Waals surface area contributed by atoms with E-state index in [1.54, 1.807) is 49.4 Å². The molecule has 4 rings (SSSR count). The highest BCUT2D eigenvalue weighted by atomic mass is 16.5. The van der Waals surface area contributed by atoms with E-state index >= 15 is 0 Å². The summed E-state index contributed by atoms with van der Waals surface area (Å²) in [6.45, 7) is 1.70. The lowest BCUT2D eigenvalue weighted by molar-refractivity contribution is -0.116. The van der Waals surface area contributed by atoms with Gasteiger partial charge in [0.2, 0.25) is 5.91 Å². The number of ether oxygens (including phenoxy) is 2. The van der Waals surface area contributed by atoms with Crippen LogP contribution in [0.25, 0.3) is 0 Å². The molecule has 2 heterocycles. The molecule has 1 aromatic heterocycles. The second-order valence-electron chi connectivity index (χ2n) is 8.12. The van der Waals surface area contributed by atoms with E-state index in [2.05, 4.69) is 25.6 Å². The maximum atomic E-state index is 12.4. The Morgan fingerprint density at radius 3 is 2.58 bits per heavy atom. The monoisotopic (exact) mass is 490 g/mol. The fourth-order valence-corrected chi connectivity index (χ4v) is 3.37. The van der Waals surface area contributed by atoms with Crippen molar-refractivity contribution >= 4 is 40.6 Å². The fourth-order valence-electron chi connectivity index (χ4n) is 3.37. The summed E-state index contributed by atoms with van der Waals surface area (Å²) in [5.74, 6) is 0.601. The Hall–Kier alpha value is -5.07. The molecule has 9 N–H and O–H groups in total. The lowest BCUT2D eigenvalue weighted by atomic mass is 10.1. The summed E-state index contributed by atoms with van der Waals surface area (Å²) in [6, 6.07) is 11.2. The third-order valence-corrected chi connectivity index (χ3v) is 5.09. The van der Waals surface area contributed by atoms with E-state index in [0.717, 1.165) is 0 Å². The Kier molecular flexibility index (Phi) is 6.46. The van der Waals surface area contributed by atoms with Crippen LogP contribution in [0.4, 0.5) is 22.9 Å². The van der Waals surface area contributed by atoms with Crippen LogP contribution in [0.15, 0.2) is 47.5 Å². The zero-order valence-corrected chi connectivity index (χ0v) is 19.9. The fraction of sp³-hybridized carbons (Fsp3) is 0.174. The minimum absolute atomic E-state index is 0.0342. The van der Waals surface area contributed by atoms with Gasteiger partial charge < -0.3 is 42.2 Å². The Morgan fingerprint density at radius 2 is 1.89 bits per heavy atom. The molecule has 36 heavy (non-hydrogen) atoms. The molecule has 0 fully saturated rings. The minimum Gasteiger partial charge on any atom is -0.435 e. The average molecular weight is 491 g/mol. The molecule has 1 unspecified atom stereocenters. The Bertz CT molecular complexity index is 1370. The summed E-state index contributed by atoms with van der Waals surface area (Å²) >= 11 is 0. The minimum atomic E-state index is -0.545. The largest absolute Gasteiger partial charge is 0.435 e. The van der Waals surface area contributed by atoms with Crippen LogP contribution in [0.5, 0.6) is 23.4 Å². The molecule has 1 aliphatic rings. The van der Waals surface area contributed by atoms with E-state index in [4.69, 9.17) is 32.1 Å². The normalized spacial score (nSPS) is 14.1. The van der Waals surface area contributed by atoms with Gasteiger partial charge in [-0.05, 0) is 37.3 Å². The van der Waals surface area contributed by atoms with Crippen molar-refractivity contribution in [1.29, 1.82) is 5.41 Å². The van der Waals surface area contributed by atoms with Gasteiger partial charge in [0, 0.05) is 25.7 Å². The van der Waals surface area contributed by atoms with Gasteiger partial charge in [0.15, 0.2) is 17.5 Å². The van der Waals surface area contributed by atoms with Crippen molar-refractivity contribution in [3.8, 4) is 23.4 Å². The van der Waals surface area contributed by atoms with Crippen LogP contribution in [0.3, 0.4) is 0 Å². The number of carbonyl (C=O) groups excluding carboxylic acids is 1. The zero-order chi connectivity index (χ0) is 26.0. The number of benzene rings is 2. The summed E-state index contributed by atoms with van der Waals surface area (Å²) in [7, 11) is 3.68. The van der Waals surface area contributed by atoms with E-state index in [1.807, 2.05) is 19.0 Å². The van der Waals surface area contributed by atoms with E-state index in [-0.39, 0.29) is 35.3 Å². The van der Waals surface area contributed by atoms with Gasteiger partial charge >= 0.3 is 6.01 Å². The smallest absolute Gasteiger partial charge is 0.327 e. The number of amidine groups is 1. The van der Waals surface area contributed by atoms with Gasteiger partial charge in [0.25, 0.3) is 5.88 Å². The molecule has 13 heteroatoms. The quantitative estimate of drug-likeness (QED) is 0.210. The highest BCUT2D eigenvalue weighted by Crippen LogP contribution is 2.40. The van der Waals surface area contributed by atoms with E-state index in [1.165, 1.54) is 0 Å². The Labute approximate surface area is 206 Å². The molecule has 1 atom stereocenters. The van der Waals surface area contributed by atoms with Crippen molar-refractivity contribution in [2.75, 3.05) is 29.6 Å². The summed E-state index contributed by atoms with van der Waals surface area (Å²) in [5.41, 5.74) is 18.5. The second-order valence-corrected chi connectivity index (χ2v) is 8.12. The number of guanidine groups is 1. The number of nitrogens with two attached hydrogens (primary N) is 3. The molecule has 13 nitrogen and oxygen atoms in total. The number of carbonyl (C=O) groups is 1. The second kappa shape index (κ2) is 9.66. The highest BCUT2D eigenvalue weighted by Gasteiger charge is 2.29. The first-order chi connectivity index (χ1) is 17.1. The predicted molar refractivity (Wildman–Crippen MR) is 138 cm³/mol. The number of nitrogen functional groups attached to an aromatic ring is 1. The molecule has 0 radical (unpaired) electrons. The summed E-state index contributed by atoms with van der Waals surface area (Å²) in [4.78, 5) is 27.0. The van der Waals surface area contributed by atoms with Gasteiger partial charge in [-0.3, -0.25) is 10.2 Å². The topological polar surface area (TPSA) is 203 Å². The zero-order valence-electron chi connectivity index (χ0n) is 19.9. The molecule has 0 bridgehead atoms. The summed E-state index contributed by atoms with van der Waals surface area (Å²) < 4.78 is 12.0. The molecule has 0 saturated heterocycles. The number of fused-ring (bicyclic) bond motifs is 1. The number of anilines is 3. The lowest BCUT2D eigenvalue weighted by Gasteiger charge is -2.25. The highest BCUT2D eigenvalue weighted by molar-refractivity contribution is 6.03. The van der Waals surface area contributed by atoms with Crippen LogP contribution < -0.4 is 42.2 Å². The molecule has 0 aliphatic carbocycles. The van der Waals surface area contributed by atoms with Crippen molar-refractivity contribution in [3.63, 3.8) is 0 Å². The number of aliphatic imine (C=N–C) groups is 1. The van der Waals surface area contributed by atoms with Crippen molar-refractivity contribution in [3.05, 3.63) is 48.0 Å². The molecule has 0 saturated carbocycles. The molecule has 186 valence electrons. The standard InChI is InChI=1S/C23H26N10O3/c1-11-20(34)30-17-19(28-11)31-23(35-14-6-4-5-13(10-14)29-22(26)27)32-21(17)36-16-9-12(18(24)25)7-8-15(16)33(2)3/h4-11H,1-3H3,(H3,24,25)(H,30,34)(H4,26,27,29)(H,28,31,32). The number of amides is 1. The first-order valence-electron chi connectivity index (χ1n) is 10.8. The van der Waals surface area contributed by atoms with Gasteiger partial charge in [0.05, 0.1) is 11.4 Å². The average Bonchev–Trinajstić information content (AvgIpc) is 2.80. The van der Waals surface area contributed by atoms with Crippen LogP contribution in [-0.2, 0) is 4.79 Å². The number of nitrogens with one attached hydrogen (secondary N) is 3. The lowest BCUT2D eigenvalue weighted by Crippen LogP contribution is -2.37. The van der Waals surface area contributed by atoms with Crippen LogP contribution in [0.1, 0.15) is 12.5 Å². The van der Waals surface area contributed by atoms with Crippen LogP contribution >= 0.6 is 0 Å². The molecular formula is C23H26N10O3. The van der Waals surface area contributed by atoms with Gasteiger partial charge in [-0.15, -0.1) is 0 Å². The SMILES string of the molecule is CC1Nc2nc(Oc3cccc(N=C(N)N)c3)nc(Oc3cc(C(=N)N)ccc3N(C)C)c2NC1=O. The molecule has 1 aliphatic heterocycles. The van der Waals surface area contributed by atoms with Crippen molar-refractivity contribution < 1.29 is 14.3 Å². The van der Waals surface area contributed by atoms with E-state index in [0.29, 0.717) is 34.3 Å². The Balaban J connectivity index is 1.78. The predicted octanol–water partition coefficient (Wildman–Crippen LogP) is 2.07. The number of hydrogen-bond acceptors (Lipinski definition) is 9. The van der Waals surface area contributed by atoms with Crippen molar-refractivity contribution in [2.24, 2.45) is 22.2 Å². The first kappa shape index (κ1) is 24.1. The summed E-state index contributed by atoms with van der Waals surface area (Å²) in [5, 5.41) is 13.6. The Morgan fingerprint density at radius 1 is 1.11 bits per heavy atom. The van der Waals surface area contributed by atoms with E-state index < -0.39 is 6.04 Å². The number of hydrogen-bond donors (Lipinski definition) is 6. The molecule has 3 aromatic rings. The van der Waals surface area contributed by atoms with Gasteiger partial charge in [-0.2, -0.15) is 9.97 Å². The molecule has 2 aromatic carbocycles. The van der Waals surface area contributed by atoms with Crippen LogP contribution in [0, 0.1) is 5.41 Å². The van der Waals surface area contributed by atoms with Crippen LogP contribution in [0.2, 0.25) is 0 Å².